The van der Waals surface area contributed by atoms with Gasteiger partial charge in [-0.3, -0.25) is 0 Å². The minimum atomic E-state index is -0.167. The largest absolute Gasteiger partial charge is 0.394 e. The molecule has 0 aromatic heterocycles. The highest BCUT2D eigenvalue weighted by atomic mass is 16.3. The minimum absolute atomic E-state index is 0.167. The van der Waals surface area contributed by atoms with Crippen molar-refractivity contribution in [2.75, 3.05) is 0 Å². The van der Waals surface area contributed by atoms with Crippen LogP contribution in [0.3, 0.4) is 0 Å². The van der Waals surface area contributed by atoms with Crippen LogP contribution in [0.4, 0.5) is 0 Å². The van der Waals surface area contributed by atoms with Crippen LogP contribution >= 0.6 is 0 Å². The summed E-state index contributed by atoms with van der Waals surface area (Å²) in [4.78, 5) is 10.0. The zero-order valence-corrected chi connectivity index (χ0v) is 7.35. The van der Waals surface area contributed by atoms with E-state index in [2.05, 4.69) is 0 Å². The number of aliphatic hydroxyl groups is 1. The van der Waals surface area contributed by atoms with Crippen molar-refractivity contribution in [3.8, 4) is 0 Å². The molecule has 0 fully saturated rings. The van der Waals surface area contributed by atoms with Gasteiger partial charge in [0, 0.05) is 12.5 Å². The Morgan fingerprint density at radius 1 is 1.50 bits per heavy atom. The molecule has 0 aliphatic rings. The highest BCUT2D eigenvalue weighted by Crippen LogP contribution is 1.84. The van der Waals surface area contributed by atoms with E-state index < -0.39 is 0 Å². The average molecular weight is 146 g/mol. The van der Waals surface area contributed by atoms with Gasteiger partial charge in [-0.2, -0.15) is 0 Å². The van der Waals surface area contributed by atoms with Crippen molar-refractivity contribution in [2.24, 2.45) is 0 Å². The predicted molar refractivity (Wildman–Crippen MR) is 42.9 cm³/mol. The Morgan fingerprint density at radius 2 is 1.80 bits per heavy atom. The van der Waals surface area contributed by atoms with Crippen LogP contribution in [0.1, 0.15) is 40.5 Å². The Bertz CT molecular complexity index is 74.6. The van der Waals surface area contributed by atoms with Crippen LogP contribution in [-0.4, -0.2) is 17.0 Å². The number of ketones is 1. The molecule has 0 aromatic carbocycles. The fourth-order valence-corrected chi connectivity index (χ4v) is 0.352. The van der Waals surface area contributed by atoms with Gasteiger partial charge in [-0.15, -0.1) is 0 Å². The quantitative estimate of drug-likeness (QED) is 0.644. The van der Waals surface area contributed by atoms with Gasteiger partial charge < -0.3 is 9.90 Å². The molecule has 0 heterocycles. The van der Waals surface area contributed by atoms with Crippen LogP contribution in [0.15, 0.2) is 0 Å². The van der Waals surface area contributed by atoms with Crippen molar-refractivity contribution >= 4 is 5.78 Å². The third-order valence-corrected chi connectivity index (χ3v) is 0.602. The highest BCUT2D eigenvalue weighted by molar-refractivity contribution is 5.75. The maximum atomic E-state index is 10.0. The molecule has 0 rings (SSSR count). The molecule has 0 saturated heterocycles. The minimum Gasteiger partial charge on any atom is -0.394 e. The van der Waals surface area contributed by atoms with Gasteiger partial charge >= 0.3 is 0 Å². The topological polar surface area (TPSA) is 37.3 Å². The summed E-state index contributed by atoms with van der Waals surface area (Å²) >= 11 is 0. The molecule has 1 N–H and O–H groups in total. The van der Waals surface area contributed by atoms with Gasteiger partial charge in [0.25, 0.3) is 0 Å². The first kappa shape index (κ1) is 12.3. The number of hydrogen-bond acceptors (Lipinski definition) is 2. The molecule has 2 heteroatoms. The molecule has 0 unspecified atom stereocenters. The molecule has 0 radical (unpaired) electrons. The van der Waals surface area contributed by atoms with E-state index >= 15 is 0 Å². The first-order chi connectivity index (χ1) is 4.50. The summed E-state index contributed by atoms with van der Waals surface area (Å²) in [5, 5.41) is 8.06. The third-order valence-electron chi connectivity index (χ3n) is 0.602. The van der Waals surface area contributed by atoms with E-state index in [1.807, 2.05) is 6.92 Å². The molecule has 0 aliphatic carbocycles. The van der Waals surface area contributed by atoms with E-state index in [1.54, 1.807) is 20.8 Å². The smallest absolute Gasteiger partial charge is 0.129 e. The number of aliphatic hydroxyl groups excluding tert-OH is 1. The van der Waals surface area contributed by atoms with Gasteiger partial charge in [0.2, 0.25) is 0 Å². The van der Waals surface area contributed by atoms with Crippen LogP contribution in [0.2, 0.25) is 0 Å². The van der Waals surface area contributed by atoms with Crippen molar-refractivity contribution < 1.29 is 9.90 Å². The molecule has 0 aliphatic heterocycles. The Labute approximate surface area is 63.3 Å². The van der Waals surface area contributed by atoms with E-state index in [0.29, 0.717) is 0 Å². The van der Waals surface area contributed by atoms with Gasteiger partial charge in [-0.25, -0.2) is 0 Å². The normalized spacial score (nSPS) is 8.60. The fraction of sp³-hybridized carbons (Fsp3) is 0.875. The van der Waals surface area contributed by atoms with E-state index in [-0.39, 0.29) is 11.9 Å². The Morgan fingerprint density at radius 3 is 1.80 bits per heavy atom. The maximum absolute atomic E-state index is 10.0. The summed E-state index contributed by atoms with van der Waals surface area (Å²) in [6, 6.07) is 0. The lowest BCUT2D eigenvalue weighted by Gasteiger charge is -1.80. The van der Waals surface area contributed by atoms with E-state index in [9.17, 15) is 4.79 Å². The molecule has 2 nitrogen and oxygen atoms in total. The molecule has 62 valence electrons. The number of Topliss-reactive ketones (excluding diaryl/α,β-unsaturated/α-hetero) is 1. The summed E-state index contributed by atoms with van der Waals surface area (Å²) < 4.78 is 0. The molecule has 0 spiro atoms. The summed E-state index contributed by atoms with van der Waals surface area (Å²) in [7, 11) is 0. The summed E-state index contributed by atoms with van der Waals surface area (Å²) in [5.74, 6) is 0.289. The third kappa shape index (κ3) is 48.5. The molecular formula is C8H18O2. The standard InChI is InChI=1S/C5H10O.C3H8O/c1-3-4-5(2)6;1-3(2)4/h3-4H2,1-2H3;3-4H,1-2H3. The van der Waals surface area contributed by atoms with Crippen molar-refractivity contribution in [3.63, 3.8) is 0 Å². The van der Waals surface area contributed by atoms with Gasteiger partial charge in [-0.1, -0.05) is 6.92 Å². The first-order valence-electron chi connectivity index (χ1n) is 3.68. The second kappa shape index (κ2) is 8.63. The summed E-state index contributed by atoms with van der Waals surface area (Å²) in [6.45, 7) is 7.06. The van der Waals surface area contributed by atoms with Crippen molar-refractivity contribution in [3.05, 3.63) is 0 Å². The van der Waals surface area contributed by atoms with Crippen molar-refractivity contribution in [1.29, 1.82) is 0 Å². The van der Waals surface area contributed by atoms with Crippen LogP contribution < -0.4 is 0 Å². The lowest BCUT2D eigenvalue weighted by Crippen LogP contribution is -1.85. The van der Waals surface area contributed by atoms with Gasteiger partial charge in [0.15, 0.2) is 0 Å². The SMILES string of the molecule is CC(C)O.CCCC(C)=O. The second-order valence-corrected chi connectivity index (χ2v) is 2.55. The predicted octanol–water partition coefficient (Wildman–Crippen LogP) is 1.76. The fourth-order valence-electron chi connectivity index (χ4n) is 0.352. The van der Waals surface area contributed by atoms with Gasteiger partial charge in [0.1, 0.15) is 5.78 Å². The summed E-state index contributed by atoms with van der Waals surface area (Å²) in [5.41, 5.74) is 0. The Kier molecular flexibility index (Phi) is 10.6. The molecule has 0 amide bonds. The zero-order chi connectivity index (χ0) is 8.57. The van der Waals surface area contributed by atoms with Crippen LogP contribution in [0, 0.1) is 0 Å². The zero-order valence-electron chi connectivity index (χ0n) is 7.35. The molecular weight excluding hydrogens is 128 g/mol. The van der Waals surface area contributed by atoms with Crippen LogP contribution in [0.25, 0.3) is 0 Å². The summed E-state index contributed by atoms with van der Waals surface area (Å²) in [6.07, 6.45) is 1.55. The van der Waals surface area contributed by atoms with E-state index in [4.69, 9.17) is 5.11 Å². The number of hydrogen-bond donors (Lipinski definition) is 1. The lowest BCUT2D eigenvalue weighted by atomic mass is 10.3. The molecule has 0 saturated carbocycles. The molecule has 0 atom stereocenters. The van der Waals surface area contributed by atoms with E-state index in [1.165, 1.54) is 0 Å². The number of carbonyl (C=O) groups is 1. The molecule has 0 aromatic rings. The Balaban J connectivity index is 0. The lowest BCUT2D eigenvalue weighted by molar-refractivity contribution is -0.117. The molecule has 10 heavy (non-hydrogen) atoms. The molecule has 0 bridgehead atoms. The highest BCUT2D eigenvalue weighted by Gasteiger charge is 1.83. The van der Waals surface area contributed by atoms with E-state index in [0.717, 1.165) is 12.8 Å². The number of carbonyl (C=O) groups excluding carboxylic acids is 1. The monoisotopic (exact) mass is 146 g/mol. The van der Waals surface area contributed by atoms with Crippen molar-refractivity contribution in [1.82, 2.24) is 0 Å². The van der Waals surface area contributed by atoms with Crippen LogP contribution in [0.5, 0.6) is 0 Å². The van der Waals surface area contributed by atoms with Crippen LogP contribution in [-0.2, 0) is 4.79 Å². The number of rotatable bonds is 2. The first-order valence-corrected chi connectivity index (χ1v) is 3.68. The Hall–Kier alpha value is -0.370. The van der Waals surface area contributed by atoms with Crippen molar-refractivity contribution in [2.45, 2.75) is 46.6 Å². The second-order valence-electron chi connectivity index (χ2n) is 2.55. The van der Waals surface area contributed by atoms with Gasteiger partial charge in [0.05, 0.1) is 0 Å². The average Bonchev–Trinajstić information content (AvgIpc) is 1.62. The van der Waals surface area contributed by atoms with Gasteiger partial charge in [-0.05, 0) is 27.2 Å². The maximum Gasteiger partial charge on any atom is 0.129 e.